The second-order valence-electron chi connectivity index (χ2n) is 15.7. The van der Waals surface area contributed by atoms with E-state index in [1.165, 1.54) is 43.4 Å². The van der Waals surface area contributed by atoms with Crippen LogP contribution in [0.5, 0.6) is 0 Å². The van der Waals surface area contributed by atoms with Gasteiger partial charge >= 0.3 is 0 Å². The molecule has 0 aliphatic carbocycles. The molecule has 0 spiro atoms. The van der Waals surface area contributed by atoms with Crippen LogP contribution in [0.25, 0.3) is 122 Å². The van der Waals surface area contributed by atoms with E-state index in [0.717, 1.165) is 72.3 Å². The third kappa shape index (κ3) is 6.14. The van der Waals surface area contributed by atoms with Crippen LogP contribution in [0.3, 0.4) is 0 Å². The molecule has 0 atom stereocenters. The number of aromatic nitrogens is 2. The molecule has 284 valence electrons. The van der Waals surface area contributed by atoms with Gasteiger partial charge in [-0.1, -0.05) is 182 Å². The number of benzene rings is 10. The van der Waals surface area contributed by atoms with Crippen molar-refractivity contribution in [2.24, 2.45) is 0 Å². The number of hydrogen-bond donors (Lipinski definition) is 0. The van der Waals surface area contributed by atoms with Crippen molar-refractivity contribution in [3.8, 4) is 67.3 Å². The Morgan fingerprint density at radius 1 is 0.262 bits per heavy atom. The van der Waals surface area contributed by atoms with Crippen LogP contribution in [0, 0.1) is 0 Å². The average molecular weight is 777 g/mol. The molecular formula is C58H36N2O. The summed E-state index contributed by atoms with van der Waals surface area (Å²) in [6.07, 6.45) is 0. The topological polar surface area (TPSA) is 38.9 Å². The number of furan rings is 1. The summed E-state index contributed by atoms with van der Waals surface area (Å²) in [5.41, 5.74) is 13.4. The number of nitrogens with zero attached hydrogens (tertiary/aromatic N) is 2. The van der Waals surface area contributed by atoms with Crippen LogP contribution in [-0.2, 0) is 0 Å². The Hall–Kier alpha value is -8.14. The van der Waals surface area contributed by atoms with Crippen molar-refractivity contribution >= 4 is 54.3 Å². The minimum atomic E-state index is 0.678. The normalized spacial score (nSPS) is 11.6. The first-order chi connectivity index (χ1) is 30.2. The molecule has 12 aromatic rings. The Labute approximate surface area is 352 Å². The molecule has 61 heavy (non-hydrogen) atoms. The SMILES string of the molecule is c1ccc(-c2cccc(-c3cc(-c4ccc(-c5ccc6c(c5)oc5ccccc56)cc4)nc(-c4ccc(-c5c6ccccc6cc6c5ccc5ccccc56)cc4)n3)c2)cc1. The molecule has 3 nitrogen and oxygen atoms in total. The quantitative estimate of drug-likeness (QED) is 0.125. The lowest BCUT2D eigenvalue weighted by atomic mass is 9.89. The van der Waals surface area contributed by atoms with Crippen molar-refractivity contribution in [1.29, 1.82) is 0 Å². The van der Waals surface area contributed by atoms with Crippen LogP contribution in [0.15, 0.2) is 223 Å². The predicted octanol–water partition coefficient (Wildman–Crippen LogP) is 15.8. The molecule has 0 saturated carbocycles. The van der Waals surface area contributed by atoms with Crippen molar-refractivity contribution in [3.63, 3.8) is 0 Å². The van der Waals surface area contributed by atoms with Gasteiger partial charge in [0.05, 0.1) is 11.4 Å². The van der Waals surface area contributed by atoms with Crippen LogP contribution in [-0.4, -0.2) is 9.97 Å². The second kappa shape index (κ2) is 14.3. The van der Waals surface area contributed by atoms with Gasteiger partial charge in [-0.05, 0) is 102 Å². The molecule has 0 aliphatic heterocycles. The highest BCUT2D eigenvalue weighted by Gasteiger charge is 2.16. The molecule has 0 N–H and O–H groups in total. The van der Waals surface area contributed by atoms with Crippen molar-refractivity contribution in [2.45, 2.75) is 0 Å². The van der Waals surface area contributed by atoms with E-state index in [4.69, 9.17) is 14.4 Å². The highest BCUT2D eigenvalue weighted by Crippen LogP contribution is 2.40. The number of hydrogen-bond acceptors (Lipinski definition) is 3. The van der Waals surface area contributed by atoms with Crippen LogP contribution in [0.2, 0.25) is 0 Å². The first kappa shape index (κ1) is 34.9. The monoisotopic (exact) mass is 776 g/mol. The fourth-order valence-corrected chi connectivity index (χ4v) is 9.02. The molecule has 0 fully saturated rings. The summed E-state index contributed by atoms with van der Waals surface area (Å²) in [6, 6.07) is 77.6. The summed E-state index contributed by atoms with van der Waals surface area (Å²) in [6.45, 7) is 0. The largest absolute Gasteiger partial charge is 0.456 e. The van der Waals surface area contributed by atoms with E-state index in [0.29, 0.717) is 5.82 Å². The van der Waals surface area contributed by atoms with Gasteiger partial charge in [-0.15, -0.1) is 0 Å². The summed E-state index contributed by atoms with van der Waals surface area (Å²) in [5.74, 6) is 0.678. The zero-order valence-corrected chi connectivity index (χ0v) is 33.1. The molecule has 0 radical (unpaired) electrons. The van der Waals surface area contributed by atoms with E-state index in [1.807, 2.05) is 12.1 Å². The molecule has 0 saturated heterocycles. The van der Waals surface area contributed by atoms with Crippen LogP contribution in [0.4, 0.5) is 0 Å². The van der Waals surface area contributed by atoms with Crippen molar-refractivity contribution in [3.05, 3.63) is 218 Å². The molecular weight excluding hydrogens is 741 g/mol. The molecule has 2 aromatic heterocycles. The summed E-state index contributed by atoms with van der Waals surface area (Å²) >= 11 is 0. The van der Waals surface area contributed by atoms with E-state index in [2.05, 4.69) is 206 Å². The van der Waals surface area contributed by atoms with Crippen molar-refractivity contribution in [2.75, 3.05) is 0 Å². The van der Waals surface area contributed by atoms with Gasteiger partial charge in [0.25, 0.3) is 0 Å². The summed E-state index contributed by atoms with van der Waals surface area (Å²) < 4.78 is 6.22. The Morgan fingerprint density at radius 3 is 1.66 bits per heavy atom. The third-order valence-electron chi connectivity index (χ3n) is 12.1. The van der Waals surface area contributed by atoms with E-state index in [1.54, 1.807) is 0 Å². The van der Waals surface area contributed by atoms with E-state index in [-0.39, 0.29) is 0 Å². The van der Waals surface area contributed by atoms with Gasteiger partial charge in [0, 0.05) is 27.5 Å². The highest BCUT2D eigenvalue weighted by molar-refractivity contribution is 6.20. The van der Waals surface area contributed by atoms with Gasteiger partial charge in [0.15, 0.2) is 5.82 Å². The smallest absolute Gasteiger partial charge is 0.160 e. The van der Waals surface area contributed by atoms with Gasteiger partial charge in [-0.3, -0.25) is 0 Å². The Bertz CT molecular complexity index is 3620. The first-order valence-corrected chi connectivity index (χ1v) is 20.7. The van der Waals surface area contributed by atoms with Crippen LogP contribution >= 0.6 is 0 Å². The predicted molar refractivity (Wildman–Crippen MR) is 254 cm³/mol. The van der Waals surface area contributed by atoms with E-state index < -0.39 is 0 Å². The highest BCUT2D eigenvalue weighted by atomic mass is 16.3. The van der Waals surface area contributed by atoms with E-state index >= 15 is 0 Å². The van der Waals surface area contributed by atoms with E-state index in [9.17, 15) is 0 Å². The molecule has 10 aromatic carbocycles. The second-order valence-corrected chi connectivity index (χ2v) is 15.7. The lowest BCUT2D eigenvalue weighted by molar-refractivity contribution is 0.669. The summed E-state index contributed by atoms with van der Waals surface area (Å²) in [4.78, 5) is 10.5. The summed E-state index contributed by atoms with van der Waals surface area (Å²) in [7, 11) is 0. The molecule has 0 amide bonds. The maximum Gasteiger partial charge on any atom is 0.160 e. The maximum atomic E-state index is 6.22. The van der Waals surface area contributed by atoms with Gasteiger partial charge in [-0.25, -0.2) is 9.97 Å². The number of fused-ring (bicyclic) bond motifs is 7. The van der Waals surface area contributed by atoms with Crippen LogP contribution < -0.4 is 0 Å². The van der Waals surface area contributed by atoms with Crippen LogP contribution in [0.1, 0.15) is 0 Å². The van der Waals surface area contributed by atoms with Gasteiger partial charge in [0.2, 0.25) is 0 Å². The fraction of sp³-hybridized carbons (Fsp3) is 0. The Morgan fingerprint density at radius 2 is 0.820 bits per heavy atom. The maximum absolute atomic E-state index is 6.22. The molecule has 2 heterocycles. The molecule has 0 unspecified atom stereocenters. The summed E-state index contributed by atoms with van der Waals surface area (Å²) in [5, 5.41) is 9.73. The number of para-hydroxylation sites is 1. The lowest BCUT2D eigenvalue weighted by Gasteiger charge is -2.15. The molecule has 0 bridgehead atoms. The zero-order chi connectivity index (χ0) is 40.3. The average Bonchev–Trinajstić information content (AvgIpc) is 3.71. The van der Waals surface area contributed by atoms with Gasteiger partial charge in [0.1, 0.15) is 11.2 Å². The standard InChI is InChI=1S/C58H36N2O/c1-2-11-37(12-3-1)43-15-10-16-46(33-43)54-36-53(40-23-21-38(22-24-40)44-30-31-50-49-19-8-9-20-55(49)61-56(50)35-44)59-58(60-54)42-27-25-41(26-28-42)57-48-18-7-5-14-45(48)34-52-47-17-6-4-13-39(47)29-32-51(52)57/h1-36H. The number of rotatable bonds is 6. The Kier molecular flexibility index (Phi) is 8.17. The first-order valence-electron chi connectivity index (χ1n) is 20.7. The van der Waals surface area contributed by atoms with Crippen molar-refractivity contribution in [1.82, 2.24) is 9.97 Å². The fourth-order valence-electron chi connectivity index (χ4n) is 9.02. The lowest BCUT2D eigenvalue weighted by Crippen LogP contribution is -1.96. The third-order valence-corrected chi connectivity index (χ3v) is 12.1. The van der Waals surface area contributed by atoms with Gasteiger partial charge < -0.3 is 4.42 Å². The minimum absolute atomic E-state index is 0.678. The van der Waals surface area contributed by atoms with Gasteiger partial charge in [-0.2, -0.15) is 0 Å². The zero-order valence-electron chi connectivity index (χ0n) is 33.1. The Balaban J connectivity index is 0.965. The molecule has 12 rings (SSSR count). The molecule has 0 aliphatic rings. The molecule has 3 heteroatoms. The minimum Gasteiger partial charge on any atom is -0.456 e. The van der Waals surface area contributed by atoms with Crippen molar-refractivity contribution < 1.29 is 4.42 Å².